The highest BCUT2D eigenvalue weighted by Crippen LogP contribution is 2.52. The van der Waals surface area contributed by atoms with Gasteiger partial charge in [0.1, 0.15) is 0 Å². The van der Waals surface area contributed by atoms with Crippen LogP contribution in [0.3, 0.4) is 0 Å². The summed E-state index contributed by atoms with van der Waals surface area (Å²) in [5, 5.41) is 0.934. The molecule has 2 aliphatic carbocycles. The molecule has 2 fully saturated rings. The van der Waals surface area contributed by atoms with Crippen molar-refractivity contribution in [2.24, 2.45) is 23.7 Å². The first-order chi connectivity index (χ1) is 10.6. The first-order valence-corrected chi connectivity index (χ1v) is 7.50. The van der Waals surface area contributed by atoms with Crippen molar-refractivity contribution in [3.8, 4) is 0 Å². The SMILES string of the molecule is Cc1ccc(C(=O)NN2C(=O)[C@@H]3[C@@H](C2=O)[C@H]2C=C[C@@H]3C2)cc1. The minimum Gasteiger partial charge on any atom is -0.272 e. The lowest BCUT2D eigenvalue weighted by Crippen LogP contribution is -2.47. The van der Waals surface area contributed by atoms with Crippen LogP contribution in [0.2, 0.25) is 0 Å². The fraction of sp³-hybridized carbons (Fsp3) is 0.353. The zero-order chi connectivity index (χ0) is 15.4. The molecule has 5 heteroatoms. The van der Waals surface area contributed by atoms with Crippen molar-refractivity contribution in [1.82, 2.24) is 10.4 Å². The van der Waals surface area contributed by atoms with E-state index in [-0.39, 0.29) is 35.5 Å². The highest BCUT2D eigenvalue weighted by atomic mass is 16.2. The van der Waals surface area contributed by atoms with E-state index < -0.39 is 5.91 Å². The summed E-state index contributed by atoms with van der Waals surface area (Å²) in [4.78, 5) is 37.2. The predicted molar refractivity (Wildman–Crippen MR) is 78.2 cm³/mol. The third-order valence-electron chi connectivity index (χ3n) is 5.00. The molecule has 22 heavy (non-hydrogen) atoms. The number of benzene rings is 1. The number of nitrogens with one attached hydrogen (secondary N) is 1. The highest BCUT2D eigenvalue weighted by molar-refractivity contribution is 6.08. The Kier molecular flexibility index (Phi) is 2.73. The van der Waals surface area contributed by atoms with Crippen molar-refractivity contribution in [3.05, 3.63) is 47.5 Å². The van der Waals surface area contributed by atoms with Crippen LogP contribution in [-0.4, -0.2) is 22.7 Å². The molecule has 0 unspecified atom stereocenters. The molecular weight excluding hydrogens is 280 g/mol. The number of carbonyl (C=O) groups excluding carboxylic acids is 3. The molecule has 1 saturated heterocycles. The first-order valence-electron chi connectivity index (χ1n) is 7.50. The van der Waals surface area contributed by atoms with E-state index >= 15 is 0 Å². The van der Waals surface area contributed by atoms with Crippen LogP contribution in [0.15, 0.2) is 36.4 Å². The average molecular weight is 296 g/mol. The molecule has 1 heterocycles. The van der Waals surface area contributed by atoms with E-state index in [1.54, 1.807) is 12.1 Å². The topological polar surface area (TPSA) is 66.5 Å². The summed E-state index contributed by atoms with van der Waals surface area (Å²) in [5.74, 6) is -1.26. The molecule has 0 spiro atoms. The molecule has 1 saturated carbocycles. The smallest absolute Gasteiger partial charge is 0.270 e. The molecule has 5 nitrogen and oxygen atoms in total. The Morgan fingerprint density at radius 3 is 2.14 bits per heavy atom. The molecule has 2 bridgehead atoms. The number of rotatable bonds is 2. The van der Waals surface area contributed by atoms with Gasteiger partial charge in [-0.2, -0.15) is 5.01 Å². The van der Waals surface area contributed by atoms with Gasteiger partial charge in [-0.25, -0.2) is 0 Å². The van der Waals surface area contributed by atoms with E-state index in [9.17, 15) is 14.4 Å². The molecule has 112 valence electrons. The van der Waals surface area contributed by atoms with Crippen LogP contribution in [0.1, 0.15) is 22.3 Å². The normalized spacial score (nSPS) is 31.8. The number of hydrogen-bond donors (Lipinski definition) is 1. The van der Waals surface area contributed by atoms with Gasteiger partial charge in [-0.1, -0.05) is 29.8 Å². The number of nitrogens with zero attached hydrogens (tertiary/aromatic N) is 1. The highest BCUT2D eigenvalue weighted by Gasteiger charge is 2.59. The van der Waals surface area contributed by atoms with Crippen molar-refractivity contribution in [1.29, 1.82) is 0 Å². The molecule has 3 amide bonds. The molecule has 4 atom stereocenters. The minimum absolute atomic E-state index is 0.146. The van der Waals surface area contributed by atoms with Crippen LogP contribution in [-0.2, 0) is 9.59 Å². The van der Waals surface area contributed by atoms with Gasteiger partial charge in [-0.05, 0) is 37.3 Å². The van der Waals surface area contributed by atoms with Crippen LogP contribution in [0, 0.1) is 30.6 Å². The zero-order valence-corrected chi connectivity index (χ0v) is 12.2. The number of amides is 3. The summed E-state index contributed by atoms with van der Waals surface area (Å²) in [6, 6.07) is 7.01. The quantitative estimate of drug-likeness (QED) is 0.663. The summed E-state index contributed by atoms with van der Waals surface area (Å²) >= 11 is 0. The van der Waals surface area contributed by atoms with Gasteiger partial charge >= 0.3 is 0 Å². The third-order valence-corrected chi connectivity index (χ3v) is 5.00. The summed E-state index contributed by atoms with van der Waals surface area (Å²) < 4.78 is 0. The molecule has 1 aromatic carbocycles. The Morgan fingerprint density at radius 2 is 1.59 bits per heavy atom. The summed E-state index contributed by atoms with van der Waals surface area (Å²) in [5.41, 5.74) is 3.96. The van der Waals surface area contributed by atoms with Gasteiger partial charge in [0.25, 0.3) is 17.7 Å². The molecule has 3 aliphatic rings. The van der Waals surface area contributed by atoms with E-state index in [2.05, 4.69) is 5.43 Å². The van der Waals surface area contributed by atoms with Crippen molar-refractivity contribution in [2.75, 3.05) is 0 Å². The summed E-state index contributed by atoms with van der Waals surface area (Å²) in [6.45, 7) is 1.93. The molecule has 1 aromatic rings. The van der Waals surface area contributed by atoms with Gasteiger partial charge in [0.05, 0.1) is 11.8 Å². The Balaban J connectivity index is 1.54. The van der Waals surface area contributed by atoms with E-state index in [1.807, 2.05) is 31.2 Å². The Labute approximate surface area is 128 Å². The van der Waals surface area contributed by atoms with Gasteiger partial charge in [0, 0.05) is 5.56 Å². The van der Waals surface area contributed by atoms with Gasteiger partial charge in [0.15, 0.2) is 0 Å². The van der Waals surface area contributed by atoms with Crippen LogP contribution < -0.4 is 5.43 Å². The van der Waals surface area contributed by atoms with E-state index in [0.29, 0.717) is 5.56 Å². The Bertz CT molecular complexity index is 677. The maximum Gasteiger partial charge on any atom is 0.270 e. The van der Waals surface area contributed by atoms with Gasteiger partial charge < -0.3 is 0 Å². The number of fused-ring (bicyclic) bond motifs is 5. The lowest BCUT2D eigenvalue weighted by molar-refractivity contribution is -0.143. The van der Waals surface area contributed by atoms with E-state index in [1.165, 1.54) is 0 Å². The number of aryl methyl sites for hydroxylation is 1. The van der Waals surface area contributed by atoms with Crippen molar-refractivity contribution < 1.29 is 14.4 Å². The number of imide groups is 1. The largest absolute Gasteiger partial charge is 0.272 e. The van der Waals surface area contributed by atoms with Crippen LogP contribution in [0.5, 0.6) is 0 Å². The zero-order valence-electron chi connectivity index (χ0n) is 12.2. The molecule has 4 rings (SSSR count). The third kappa shape index (κ3) is 1.75. The number of hydrazine groups is 1. The maximum absolute atomic E-state index is 12.5. The average Bonchev–Trinajstić information content (AvgIpc) is 3.17. The minimum atomic E-state index is -0.429. The van der Waals surface area contributed by atoms with Crippen LogP contribution >= 0.6 is 0 Å². The van der Waals surface area contributed by atoms with Gasteiger partial charge in [-0.15, -0.1) is 0 Å². The lowest BCUT2D eigenvalue weighted by Gasteiger charge is -2.18. The first kappa shape index (κ1) is 13.2. The van der Waals surface area contributed by atoms with Crippen molar-refractivity contribution in [2.45, 2.75) is 13.3 Å². The second-order valence-corrected chi connectivity index (χ2v) is 6.32. The standard InChI is InChI=1S/C17H16N2O3/c1-9-2-4-10(5-3-9)15(20)18-19-16(21)13-11-6-7-12(8-11)14(13)17(19)22/h2-7,11-14H,8H2,1H3,(H,18,20)/t11-,12+,13-,14-/m0/s1. The van der Waals surface area contributed by atoms with Gasteiger partial charge in [-0.3, -0.25) is 19.8 Å². The van der Waals surface area contributed by atoms with Crippen molar-refractivity contribution in [3.63, 3.8) is 0 Å². The number of hydrogen-bond acceptors (Lipinski definition) is 3. The summed E-state index contributed by atoms with van der Waals surface area (Å²) in [7, 11) is 0. The molecule has 0 aromatic heterocycles. The number of carbonyl (C=O) groups is 3. The lowest BCUT2D eigenvalue weighted by atomic mass is 9.85. The molecule has 1 N–H and O–H groups in total. The Hall–Kier alpha value is -2.43. The van der Waals surface area contributed by atoms with Crippen molar-refractivity contribution >= 4 is 17.7 Å². The van der Waals surface area contributed by atoms with Crippen LogP contribution in [0.4, 0.5) is 0 Å². The molecular formula is C17H16N2O3. The molecule has 0 radical (unpaired) electrons. The van der Waals surface area contributed by atoms with Crippen LogP contribution in [0.25, 0.3) is 0 Å². The fourth-order valence-corrected chi connectivity index (χ4v) is 3.88. The van der Waals surface area contributed by atoms with E-state index in [0.717, 1.165) is 17.0 Å². The van der Waals surface area contributed by atoms with Gasteiger partial charge in [0.2, 0.25) is 0 Å². The Morgan fingerprint density at radius 1 is 1.05 bits per heavy atom. The second-order valence-electron chi connectivity index (χ2n) is 6.32. The second kappa shape index (κ2) is 4.53. The fourth-order valence-electron chi connectivity index (χ4n) is 3.88. The van der Waals surface area contributed by atoms with E-state index in [4.69, 9.17) is 0 Å². The predicted octanol–water partition coefficient (Wildman–Crippen LogP) is 1.45. The summed E-state index contributed by atoms with van der Waals surface area (Å²) in [6.07, 6.45) is 4.94. The maximum atomic E-state index is 12.5. The monoisotopic (exact) mass is 296 g/mol. The number of allylic oxidation sites excluding steroid dienone is 2. The molecule has 1 aliphatic heterocycles.